The van der Waals surface area contributed by atoms with Gasteiger partial charge < -0.3 is 36.5 Å². The maximum Gasteiger partial charge on any atom is 0.351 e. The molecule has 13 nitrogen and oxygen atoms in total. The standard InChI is InChI=1S/C10H15N3O5.C5H5N5/c1-10(8(16)7(15)5(4-14)18-10)13-3-2-6(11)12-9(13)17;6-4-3-5(9-1-7-3)10-2-8-4/h2-3,5,7-8,14-16H,4H2,1H3,(H2,11,12,17);1-2H,(H3,6,7,8,9,10)/t5-,7-,8-,10-;/m1./s1. The minimum absolute atomic E-state index is 0.0478. The predicted molar refractivity (Wildman–Crippen MR) is 96.6 cm³/mol. The number of fused-ring (bicyclic) bond motifs is 1. The number of ether oxygens (including phenoxy) is 1. The molecule has 1 aliphatic heterocycles. The number of aromatic amines is 1. The number of hydrogen-bond donors (Lipinski definition) is 6. The molecule has 0 spiro atoms. The molecule has 0 aliphatic carbocycles. The van der Waals surface area contributed by atoms with Crippen LogP contribution in [0, 0.1) is 0 Å². The van der Waals surface area contributed by atoms with Gasteiger partial charge in [0.1, 0.15) is 36.0 Å². The van der Waals surface area contributed by atoms with Gasteiger partial charge >= 0.3 is 5.69 Å². The van der Waals surface area contributed by atoms with Crippen molar-refractivity contribution in [3.8, 4) is 0 Å². The van der Waals surface area contributed by atoms with Crippen molar-refractivity contribution in [2.75, 3.05) is 18.1 Å². The number of nitrogens with zero attached hydrogens (tertiary/aromatic N) is 5. The molecule has 1 fully saturated rings. The monoisotopic (exact) mass is 392 g/mol. The fourth-order valence-electron chi connectivity index (χ4n) is 2.85. The highest BCUT2D eigenvalue weighted by molar-refractivity contribution is 5.80. The number of anilines is 2. The molecule has 0 radical (unpaired) electrons. The van der Waals surface area contributed by atoms with Crippen molar-refractivity contribution >= 4 is 22.8 Å². The van der Waals surface area contributed by atoms with Crippen LogP contribution in [0.25, 0.3) is 11.2 Å². The average Bonchev–Trinajstić information content (AvgIpc) is 3.23. The molecule has 4 atom stereocenters. The van der Waals surface area contributed by atoms with Crippen molar-refractivity contribution in [3.05, 3.63) is 35.4 Å². The summed E-state index contributed by atoms with van der Waals surface area (Å²) in [5.74, 6) is 0.481. The molecular formula is C15H20N8O5. The van der Waals surface area contributed by atoms with Crippen molar-refractivity contribution in [1.82, 2.24) is 29.5 Å². The van der Waals surface area contributed by atoms with E-state index in [-0.39, 0.29) is 5.82 Å². The summed E-state index contributed by atoms with van der Waals surface area (Å²) in [6.07, 6.45) is 0.630. The van der Waals surface area contributed by atoms with Gasteiger partial charge in [0.2, 0.25) is 0 Å². The smallest absolute Gasteiger partial charge is 0.351 e. The van der Waals surface area contributed by atoms with E-state index in [2.05, 4.69) is 24.9 Å². The molecule has 4 heterocycles. The first-order valence-corrected chi connectivity index (χ1v) is 8.18. The largest absolute Gasteiger partial charge is 0.394 e. The Morgan fingerprint density at radius 3 is 2.68 bits per heavy atom. The van der Waals surface area contributed by atoms with Crippen LogP contribution in [-0.4, -0.2) is 69.7 Å². The Balaban J connectivity index is 0.000000188. The van der Waals surface area contributed by atoms with Crippen LogP contribution in [0.2, 0.25) is 0 Å². The Morgan fingerprint density at radius 2 is 2.07 bits per heavy atom. The highest BCUT2D eigenvalue weighted by Crippen LogP contribution is 2.34. The van der Waals surface area contributed by atoms with Crippen molar-refractivity contribution in [1.29, 1.82) is 0 Å². The zero-order valence-corrected chi connectivity index (χ0v) is 14.8. The number of aliphatic hydroxyl groups excluding tert-OH is 3. The minimum atomic E-state index is -1.50. The molecule has 13 heteroatoms. The molecule has 0 bridgehead atoms. The van der Waals surface area contributed by atoms with Gasteiger partial charge in [-0.25, -0.2) is 19.7 Å². The Kier molecular flexibility index (Phi) is 5.24. The SMILES string of the molecule is C[C@@]1(n2ccc(N)nc2=O)O[C@H](CO)[C@@H](O)[C@H]1O.Nc1ncnc2nc[nH]c12. The summed E-state index contributed by atoms with van der Waals surface area (Å²) in [6, 6.07) is 1.38. The number of aliphatic hydroxyl groups is 3. The van der Waals surface area contributed by atoms with Crippen molar-refractivity contribution in [2.24, 2.45) is 0 Å². The highest BCUT2D eigenvalue weighted by atomic mass is 16.6. The molecule has 3 aromatic heterocycles. The molecule has 150 valence electrons. The zero-order chi connectivity index (χ0) is 20.5. The van der Waals surface area contributed by atoms with Gasteiger partial charge in [-0.05, 0) is 13.0 Å². The van der Waals surface area contributed by atoms with Gasteiger partial charge in [0.15, 0.2) is 17.2 Å². The Morgan fingerprint density at radius 1 is 1.32 bits per heavy atom. The van der Waals surface area contributed by atoms with E-state index in [4.69, 9.17) is 21.3 Å². The molecule has 28 heavy (non-hydrogen) atoms. The molecule has 1 saturated heterocycles. The van der Waals surface area contributed by atoms with Crippen LogP contribution < -0.4 is 17.2 Å². The van der Waals surface area contributed by atoms with Crippen LogP contribution in [-0.2, 0) is 10.5 Å². The van der Waals surface area contributed by atoms with Crippen LogP contribution in [0.15, 0.2) is 29.7 Å². The maximum absolute atomic E-state index is 11.7. The van der Waals surface area contributed by atoms with Gasteiger partial charge in [0.25, 0.3) is 0 Å². The fourth-order valence-corrected chi connectivity index (χ4v) is 2.85. The van der Waals surface area contributed by atoms with Crippen LogP contribution in [0.5, 0.6) is 0 Å². The van der Waals surface area contributed by atoms with Crippen molar-refractivity contribution in [2.45, 2.75) is 31.0 Å². The first-order chi connectivity index (χ1) is 13.3. The molecule has 3 aromatic rings. The zero-order valence-electron chi connectivity index (χ0n) is 14.8. The molecule has 0 aromatic carbocycles. The number of rotatable bonds is 2. The second-order valence-corrected chi connectivity index (χ2v) is 6.19. The van der Waals surface area contributed by atoms with Crippen LogP contribution >= 0.6 is 0 Å². The van der Waals surface area contributed by atoms with Gasteiger partial charge in [-0.1, -0.05) is 0 Å². The minimum Gasteiger partial charge on any atom is -0.394 e. The lowest BCUT2D eigenvalue weighted by Crippen LogP contribution is -2.48. The van der Waals surface area contributed by atoms with E-state index in [1.54, 1.807) is 0 Å². The molecule has 0 saturated carbocycles. The van der Waals surface area contributed by atoms with Gasteiger partial charge in [0.05, 0.1) is 12.9 Å². The fraction of sp³-hybridized carbons (Fsp3) is 0.400. The Bertz CT molecular complexity index is 1020. The van der Waals surface area contributed by atoms with E-state index in [9.17, 15) is 15.0 Å². The van der Waals surface area contributed by atoms with E-state index in [1.807, 2.05) is 0 Å². The van der Waals surface area contributed by atoms with Crippen molar-refractivity contribution in [3.63, 3.8) is 0 Å². The van der Waals surface area contributed by atoms with Crippen LogP contribution in [0.4, 0.5) is 11.6 Å². The maximum atomic E-state index is 11.7. The summed E-state index contributed by atoms with van der Waals surface area (Å²) < 4.78 is 6.40. The van der Waals surface area contributed by atoms with E-state index in [0.717, 1.165) is 4.57 Å². The second kappa shape index (κ2) is 7.47. The topological polar surface area (TPSA) is 211 Å². The lowest BCUT2D eigenvalue weighted by atomic mass is 10.0. The Labute approximate surface area is 157 Å². The van der Waals surface area contributed by atoms with E-state index < -0.39 is 36.3 Å². The number of hydrogen-bond acceptors (Lipinski definition) is 11. The van der Waals surface area contributed by atoms with E-state index in [1.165, 1.54) is 31.8 Å². The first kappa shape index (κ1) is 19.6. The van der Waals surface area contributed by atoms with Crippen LogP contribution in [0.3, 0.4) is 0 Å². The third-order valence-electron chi connectivity index (χ3n) is 4.38. The third kappa shape index (κ3) is 3.38. The molecule has 4 rings (SSSR count). The number of imidazole rings is 1. The first-order valence-electron chi connectivity index (χ1n) is 8.18. The summed E-state index contributed by atoms with van der Waals surface area (Å²) in [4.78, 5) is 29.6. The summed E-state index contributed by atoms with van der Waals surface area (Å²) in [7, 11) is 0. The lowest BCUT2D eigenvalue weighted by molar-refractivity contribution is -0.137. The number of aromatic nitrogens is 6. The third-order valence-corrected chi connectivity index (χ3v) is 4.38. The number of nitrogens with two attached hydrogens (primary N) is 2. The molecule has 0 unspecified atom stereocenters. The molecule has 0 amide bonds. The van der Waals surface area contributed by atoms with Gasteiger partial charge in [-0.3, -0.25) is 4.57 Å². The summed E-state index contributed by atoms with van der Waals surface area (Å²) >= 11 is 0. The van der Waals surface area contributed by atoms with E-state index in [0.29, 0.717) is 17.0 Å². The van der Waals surface area contributed by atoms with E-state index >= 15 is 0 Å². The Hall–Kier alpha value is -3.13. The molecule has 8 N–H and O–H groups in total. The lowest BCUT2D eigenvalue weighted by Gasteiger charge is -2.29. The quantitative estimate of drug-likeness (QED) is 0.269. The molecule has 1 aliphatic rings. The number of H-pyrrole nitrogens is 1. The van der Waals surface area contributed by atoms with Crippen LogP contribution in [0.1, 0.15) is 6.92 Å². The van der Waals surface area contributed by atoms with Gasteiger partial charge in [0, 0.05) is 6.20 Å². The van der Waals surface area contributed by atoms with Gasteiger partial charge in [-0.15, -0.1) is 0 Å². The highest BCUT2D eigenvalue weighted by Gasteiger charge is 2.52. The average molecular weight is 392 g/mol. The number of nitrogens with one attached hydrogen (secondary N) is 1. The molecular weight excluding hydrogens is 372 g/mol. The number of nitrogen functional groups attached to an aromatic ring is 2. The summed E-state index contributed by atoms with van der Waals surface area (Å²) in [5.41, 5.74) is 9.95. The second-order valence-electron chi connectivity index (χ2n) is 6.19. The predicted octanol–water partition coefficient (Wildman–Crippen LogP) is -2.45. The van der Waals surface area contributed by atoms with Gasteiger partial charge in [-0.2, -0.15) is 4.98 Å². The summed E-state index contributed by atoms with van der Waals surface area (Å²) in [6.45, 7) is 0.959. The summed E-state index contributed by atoms with van der Waals surface area (Å²) in [5, 5.41) is 28.7. The van der Waals surface area contributed by atoms with Crippen molar-refractivity contribution < 1.29 is 20.1 Å². The normalized spacial score (nSPS) is 26.8.